The van der Waals surface area contributed by atoms with Gasteiger partial charge in [-0.1, -0.05) is 71.4 Å². The Kier molecular flexibility index (Phi) is 10.7. The van der Waals surface area contributed by atoms with Gasteiger partial charge in [0.25, 0.3) is 0 Å². The zero-order valence-electron chi connectivity index (χ0n) is 22.2. The van der Waals surface area contributed by atoms with Gasteiger partial charge in [-0.3, -0.25) is 13.9 Å². The van der Waals surface area contributed by atoms with Gasteiger partial charge >= 0.3 is 0 Å². The van der Waals surface area contributed by atoms with Gasteiger partial charge in [0.1, 0.15) is 18.4 Å². The van der Waals surface area contributed by atoms with Crippen LogP contribution in [-0.4, -0.2) is 50.0 Å². The quantitative estimate of drug-likeness (QED) is 0.313. The SMILES string of the molecule is CC[C@H](C)NC(=O)[C@H](Cc1ccccc1)N(Cc1ccccc1F)C(=O)CN(c1ccc(Br)cc1)S(C)(=O)=O. The second-order valence-corrected chi connectivity index (χ2v) is 12.2. The van der Waals surface area contributed by atoms with Gasteiger partial charge in [0, 0.05) is 29.0 Å². The van der Waals surface area contributed by atoms with Gasteiger partial charge in [0.15, 0.2) is 0 Å². The molecule has 3 aromatic carbocycles. The van der Waals surface area contributed by atoms with E-state index in [9.17, 15) is 22.4 Å². The molecule has 0 radical (unpaired) electrons. The molecular weight excluding hydrogens is 585 g/mol. The molecule has 39 heavy (non-hydrogen) atoms. The molecule has 208 valence electrons. The first-order chi connectivity index (χ1) is 18.5. The molecule has 0 aliphatic carbocycles. The molecule has 0 fully saturated rings. The Hall–Kier alpha value is -3.24. The fraction of sp³-hybridized carbons (Fsp3) is 0.310. The summed E-state index contributed by atoms with van der Waals surface area (Å²) in [5.41, 5.74) is 1.32. The number of hydrogen-bond acceptors (Lipinski definition) is 4. The zero-order chi connectivity index (χ0) is 28.6. The van der Waals surface area contributed by atoms with E-state index in [1.54, 1.807) is 42.5 Å². The van der Waals surface area contributed by atoms with Gasteiger partial charge in [0.2, 0.25) is 21.8 Å². The molecule has 0 aromatic heterocycles. The topological polar surface area (TPSA) is 86.8 Å². The van der Waals surface area contributed by atoms with Crippen LogP contribution in [-0.2, 0) is 32.6 Å². The lowest BCUT2D eigenvalue weighted by atomic mass is 10.0. The maximum atomic E-state index is 14.8. The van der Waals surface area contributed by atoms with E-state index < -0.39 is 40.2 Å². The minimum absolute atomic E-state index is 0.156. The molecule has 10 heteroatoms. The van der Waals surface area contributed by atoms with E-state index in [-0.39, 0.29) is 24.6 Å². The molecule has 3 rings (SSSR count). The van der Waals surface area contributed by atoms with E-state index in [0.29, 0.717) is 12.1 Å². The summed E-state index contributed by atoms with van der Waals surface area (Å²) in [7, 11) is -3.87. The van der Waals surface area contributed by atoms with Crippen molar-refractivity contribution >= 4 is 43.5 Å². The number of carbonyl (C=O) groups is 2. The second kappa shape index (κ2) is 13.7. The highest BCUT2D eigenvalue weighted by molar-refractivity contribution is 9.10. The van der Waals surface area contributed by atoms with E-state index in [4.69, 9.17) is 0 Å². The monoisotopic (exact) mass is 617 g/mol. The number of sulfonamides is 1. The van der Waals surface area contributed by atoms with Crippen molar-refractivity contribution in [3.05, 3.63) is 100 Å². The number of hydrogen-bond donors (Lipinski definition) is 1. The molecular formula is C29H33BrFN3O4S. The average Bonchev–Trinajstić information content (AvgIpc) is 2.90. The standard InChI is InChI=1S/C29H33BrFN3O4S/c1-4-21(2)32-29(36)27(18-22-10-6-5-7-11-22)33(19-23-12-8-9-13-26(23)31)28(35)20-34(39(3,37)38)25-16-14-24(30)15-17-25/h5-17,21,27H,4,18-20H2,1-3H3,(H,32,36)/t21-,27-/m0/s1. The summed E-state index contributed by atoms with van der Waals surface area (Å²) in [5.74, 6) is -1.55. The molecule has 2 atom stereocenters. The Labute approximate surface area is 238 Å². The van der Waals surface area contributed by atoms with Crippen LogP contribution in [0.15, 0.2) is 83.3 Å². The van der Waals surface area contributed by atoms with Crippen molar-refractivity contribution in [3.63, 3.8) is 0 Å². The number of nitrogens with one attached hydrogen (secondary N) is 1. The third-order valence-corrected chi connectivity index (χ3v) is 8.03. The average molecular weight is 619 g/mol. The van der Waals surface area contributed by atoms with E-state index in [2.05, 4.69) is 21.2 Å². The Morgan fingerprint density at radius 1 is 0.974 bits per heavy atom. The molecule has 3 aromatic rings. The van der Waals surface area contributed by atoms with Gasteiger partial charge in [0.05, 0.1) is 11.9 Å². The smallest absolute Gasteiger partial charge is 0.244 e. The van der Waals surface area contributed by atoms with E-state index in [0.717, 1.165) is 20.6 Å². The number of halogens is 2. The summed E-state index contributed by atoms with van der Waals surface area (Å²) in [6.07, 6.45) is 1.86. The van der Waals surface area contributed by atoms with Gasteiger partial charge in [-0.2, -0.15) is 0 Å². The molecule has 1 N–H and O–H groups in total. The van der Waals surface area contributed by atoms with Gasteiger partial charge in [-0.15, -0.1) is 0 Å². The number of carbonyl (C=O) groups excluding carboxylic acids is 2. The van der Waals surface area contributed by atoms with Gasteiger partial charge in [-0.05, 0) is 49.2 Å². The molecule has 0 heterocycles. The Morgan fingerprint density at radius 3 is 2.18 bits per heavy atom. The molecule has 2 amide bonds. The van der Waals surface area contributed by atoms with Crippen LogP contribution in [0, 0.1) is 5.82 Å². The summed E-state index contributed by atoms with van der Waals surface area (Å²) in [6, 6.07) is 20.6. The summed E-state index contributed by atoms with van der Waals surface area (Å²) >= 11 is 3.33. The fourth-order valence-corrected chi connectivity index (χ4v) is 5.14. The summed E-state index contributed by atoms with van der Waals surface area (Å²) < 4.78 is 42.1. The highest BCUT2D eigenvalue weighted by Crippen LogP contribution is 2.23. The fourth-order valence-electron chi connectivity index (χ4n) is 4.03. The lowest BCUT2D eigenvalue weighted by Crippen LogP contribution is -2.54. The summed E-state index contributed by atoms with van der Waals surface area (Å²) in [6.45, 7) is 3.02. The third kappa shape index (κ3) is 8.63. The van der Waals surface area contributed by atoms with Crippen LogP contribution >= 0.6 is 15.9 Å². The lowest BCUT2D eigenvalue weighted by Gasteiger charge is -2.34. The van der Waals surface area contributed by atoms with Crippen LogP contribution in [0.25, 0.3) is 0 Å². The number of amides is 2. The van der Waals surface area contributed by atoms with Crippen molar-refractivity contribution in [1.82, 2.24) is 10.2 Å². The first-order valence-electron chi connectivity index (χ1n) is 12.6. The molecule has 0 aliphatic rings. The van der Waals surface area contributed by atoms with Crippen LogP contribution < -0.4 is 9.62 Å². The van der Waals surface area contributed by atoms with Crippen LogP contribution in [0.1, 0.15) is 31.4 Å². The van der Waals surface area contributed by atoms with Crippen molar-refractivity contribution in [1.29, 1.82) is 0 Å². The number of rotatable bonds is 12. The summed E-state index contributed by atoms with van der Waals surface area (Å²) in [5, 5.41) is 2.94. The van der Waals surface area contributed by atoms with Crippen molar-refractivity contribution in [2.75, 3.05) is 17.1 Å². The first-order valence-corrected chi connectivity index (χ1v) is 15.2. The van der Waals surface area contributed by atoms with E-state index >= 15 is 0 Å². The van der Waals surface area contributed by atoms with Crippen LogP contribution in [0.2, 0.25) is 0 Å². The zero-order valence-corrected chi connectivity index (χ0v) is 24.6. The number of benzene rings is 3. The Bertz CT molecular complexity index is 1370. The minimum Gasteiger partial charge on any atom is -0.352 e. The largest absolute Gasteiger partial charge is 0.352 e. The molecule has 0 unspecified atom stereocenters. The first kappa shape index (κ1) is 30.3. The predicted molar refractivity (Wildman–Crippen MR) is 155 cm³/mol. The molecule has 0 saturated heterocycles. The van der Waals surface area contributed by atoms with Crippen LogP contribution in [0.5, 0.6) is 0 Å². The number of nitrogens with zero attached hydrogens (tertiary/aromatic N) is 2. The molecule has 0 bridgehead atoms. The predicted octanol–water partition coefficient (Wildman–Crippen LogP) is 4.91. The summed E-state index contributed by atoms with van der Waals surface area (Å²) in [4.78, 5) is 28.8. The van der Waals surface area contributed by atoms with Crippen LogP contribution in [0.4, 0.5) is 10.1 Å². The van der Waals surface area contributed by atoms with E-state index in [1.165, 1.54) is 11.0 Å². The lowest BCUT2D eigenvalue weighted by molar-refractivity contribution is -0.140. The molecule has 0 saturated carbocycles. The van der Waals surface area contributed by atoms with Crippen molar-refractivity contribution in [2.45, 2.75) is 45.3 Å². The highest BCUT2D eigenvalue weighted by Gasteiger charge is 2.33. The Morgan fingerprint density at radius 2 is 1.59 bits per heavy atom. The normalized spacial score (nSPS) is 12.8. The molecule has 0 spiro atoms. The Balaban J connectivity index is 2.06. The van der Waals surface area contributed by atoms with Crippen LogP contribution in [0.3, 0.4) is 0 Å². The van der Waals surface area contributed by atoms with Crippen molar-refractivity contribution in [3.8, 4) is 0 Å². The van der Waals surface area contributed by atoms with Gasteiger partial charge in [-0.25, -0.2) is 12.8 Å². The maximum absolute atomic E-state index is 14.8. The molecule has 0 aliphatic heterocycles. The molecule has 7 nitrogen and oxygen atoms in total. The van der Waals surface area contributed by atoms with Crippen molar-refractivity contribution in [2.24, 2.45) is 0 Å². The minimum atomic E-state index is -3.87. The highest BCUT2D eigenvalue weighted by atomic mass is 79.9. The second-order valence-electron chi connectivity index (χ2n) is 9.38. The van der Waals surface area contributed by atoms with Crippen molar-refractivity contribution < 1.29 is 22.4 Å². The number of anilines is 1. The third-order valence-electron chi connectivity index (χ3n) is 6.36. The van der Waals surface area contributed by atoms with Gasteiger partial charge < -0.3 is 10.2 Å². The van der Waals surface area contributed by atoms with E-state index in [1.807, 2.05) is 44.2 Å². The maximum Gasteiger partial charge on any atom is 0.244 e.